The highest BCUT2D eigenvalue weighted by Crippen LogP contribution is 2.00. The van der Waals surface area contributed by atoms with Crippen LogP contribution in [0.2, 0.25) is 0 Å². The predicted octanol–water partition coefficient (Wildman–Crippen LogP) is 2.99. The van der Waals surface area contributed by atoms with E-state index >= 15 is 0 Å². The van der Waals surface area contributed by atoms with E-state index in [1.165, 1.54) is 44.1 Å². The van der Waals surface area contributed by atoms with Gasteiger partial charge in [0.25, 0.3) is 0 Å². The quantitative estimate of drug-likeness (QED) is 0.521. The number of allylic oxidation sites excluding steroid dienone is 1. The Labute approximate surface area is 89.1 Å². The topological polar surface area (TPSA) is 29.4 Å². The van der Waals surface area contributed by atoms with Crippen LogP contribution in [-0.4, -0.2) is 18.2 Å². The van der Waals surface area contributed by atoms with Crippen LogP contribution in [0.4, 0.5) is 0 Å². The maximum absolute atomic E-state index is 10.3. The molecule has 14 heavy (non-hydrogen) atoms. The van der Waals surface area contributed by atoms with Crippen molar-refractivity contribution >= 4 is 21.2 Å². The van der Waals surface area contributed by atoms with Gasteiger partial charge in [0.05, 0.1) is 0 Å². The molecule has 0 N–H and O–H groups in total. The van der Waals surface area contributed by atoms with Gasteiger partial charge in [0.15, 0.2) is 5.78 Å². The fraction of sp³-hybridized carbons (Fsp3) is 0.636. The van der Waals surface area contributed by atoms with Gasteiger partial charge in [0, 0.05) is 18.8 Å². The Bertz CT molecular complexity index is 195. The lowest BCUT2D eigenvalue weighted by Crippen LogP contribution is -1.95. The number of rotatable bonds is 4. The van der Waals surface area contributed by atoms with Gasteiger partial charge in [0.2, 0.25) is 0 Å². The molecule has 2 nitrogen and oxygen atoms in total. The summed E-state index contributed by atoms with van der Waals surface area (Å²) in [5.41, 5.74) is 0. The second-order valence-corrected chi connectivity index (χ2v) is 3.74. The largest absolute Gasteiger partial charge is 0.294 e. The van der Waals surface area contributed by atoms with Crippen LogP contribution < -0.4 is 0 Å². The first-order valence-electron chi connectivity index (χ1n) is 5.22. The van der Waals surface area contributed by atoms with Crippen LogP contribution in [0.15, 0.2) is 17.3 Å². The van der Waals surface area contributed by atoms with Gasteiger partial charge in [-0.1, -0.05) is 26.2 Å². The van der Waals surface area contributed by atoms with Gasteiger partial charge in [-0.15, -0.1) is 9.24 Å². The van der Waals surface area contributed by atoms with Crippen molar-refractivity contribution < 1.29 is 4.79 Å². The summed E-state index contributed by atoms with van der Waals surface area (Å²) in [6.45, 7) is 2.24. The summed E-state index contributed by atoms with van der Waals surface area (Å²) in [5, 5.41) is 0. The molecule has 0 bridgehead atoms. The second-order valence-electron chi connectivity index (χ2n) is 3.17. The van der Waals surface area contributed by atoms with Gasteiger partial charge in [-0.2, -0.15) is 0 Å². The molecule has 0 amide bonds. The molecule has 0 saturated heterocycles. The number of carbonyl (C=O) groups excluding carboxylic acids is 1. The minimum Gasteiger partial charge on any atom is -0.294 e. The fourth-order valence-electron chi connectivity index (χ4n) is 0.969. The van der Waals surface area contributed by atoms with E-state index in [0.717, 1.165) is 0 Å². The second kappa shape index (κ2) is 10.6. The molecular formula is C11H20NOP. The fourth-order valence-corrected chi connectivity index (χ4v) is 1.26. The van der Waals surface area contributed by atoms with E-state index in [1.54, 1.807) is 6.21 Å². The molecule has 1 rings (SSSR count). The highest BCUT2D eigenvalue weighted by molar-refractivity contribution is 7.16. The summed E-state index contributed by atoms with van der Waals surface area (Å²) in [4.78, 5) is 14.0. The monoisotopic (exact) mass is 213 g/mol. The first-order chi connectivity index (χ1) is 6.81. The Balaban J connectivity index is 0.000000241. The number of unbranched alkanes of at least 4 members (excludes halogenated alkanes) is 3. The van der Waals surface area contributed by atoms with Crippen molar-refractivity contribution in [1.82, 2.24) is 0 Å². The smallest absolute Gasteiger partial charge is 0.162 e. The zero-order valence-electron chi connectivity index (χ0n) is 8.91. The summed E-state index contributed by atoms with van der Waals surface area (Å²) >= 11 is 0. The Morgan fingerprint density at radius 2 is 2.21 bits per heavy atom. The molecular weight excluding hydrogens is 193 g/mol. The molecule has 1 aliphatic rings. The number of ketones is 1. The van der Waals surface area contributed by atoms with E-state index in [2.05, 4.69) is 21.2 Å². The molecule has 0 aliphatic carbocycles. The molecule has 1 atom stereocenters. The molecule has 1 heterocycles. The lowest BCUT2D eigenvalue weighted by Gasteiger charge is -1.90. The van der Waals surface area contributed by atoms with E-state index in [4.69, 9.17) is 0 Å². The summed E-state index contributed by atoms with van der Waals surface area (Å²) in [6, 6.07) is 0. The molecule has 1 unspecified atom stereocenters. The molecule has 0 saturated carbocycles. The van der Waals surface area contributed by atoms with Crippen LogP contribution in [0.3, 0.4) is 0 Å². The Morgan fingerprint density at radius 1 is 1.43 bits per heavy atom. The highest BCUT2D eigenvalue weighted by atomic mass is 31.0. The van der Waals surface area contributed by atoms with Crippen molar-refractivity contribution in [2.45, 2.75) is 39.0 Å². The first kappa shape index (κ1) is 13.5. The molecule has 0 fully saturated rings. The zero-order chi connectivity index (χ0) is 10.6. The van der Waals surface area contributed by atoms with Crippen LogP contribution in [0.25, 0.3) is 0 Å². The molecule has 0 aromatic rings. The predicted molar refractivity (Wildman–Crippen MR) is 66.0 cm³/mol. The molecule has 3 heteroatoms. The lowest BCUT2D eigenvalue weighted by atomic mass is 10.2. The van der Waals surface area contributed by atoms with Crippen molar-refractivity contribution in [2.75, 3.05) is 6.16 Å². The summed E-state index contributed by atoms with van der Waals surface area (Å²) in [7, 11) is 2.75. The van der Waals surface area contributed by atoms with Gasteiger partial charge in [-0.3, -0.25) is 9.79 Å². The third kappa shape index (κ3) is 9.60. The number of hydrogen-bond acceptors (Lipinski definition) is 2. The maximum Gasteiger partial charge on any atom is 0.162 e. The number of aliphatic imine (C=N–C) groups is 1. The van der Waals surface area contributed by atoms with E-state index in [0.29, 0.717) is 6.42 Å². The van der Waals surface area contributed by atoms with Crippen LogP contribution >= 0.6 is 9.24 Å². The van der Waals surface area contributed by atoms with Crippen LogP contribution in [0.1, 0.15) is 39.0 Å². The van der Waals surface area contributed by atoms with Crippen molar-refractivity contribution in [3.63, 3.8) is 0 Å². The summed E-state index contributed by atoms with van der Waals surface area (Å²) in [6.07, 6.45) is 11.9. The molecule has 0 aromatic carbocycles. The minimum atomic E-state index is 0.134. The molecule has 1 aliphatic heterocycles. The van der Waals surface area contributed by atoms with E-state index in [9.17, 15) is 4.79 Å². The third-order valence-electron chi connectivity index (χ3n) is 1.80. The molecule has 0 radical (unpaired) electrons. The minimum absolute atomic E-state index is 0.134. The van der Waals surface area contributed by atoms with Crippen molar-refractivity contribution in [2.24, 2.45) is 4.99 Å². The standard InChI is InChI=1S/C6H15P.C5H5NO/c1-2-3-4-5-6-7;7-5-1-3-6-4-2-5/h2-7H2,1H3;1,3-4H,2H2. The number of hydrogen-bond donors (Lipinski definition) is 0. The molecule has 80 valence electrons. The van der Waals surface area contributed by atoms with Crippen LogP contribution in [0.5, 0.6) is 0 Å². The highest BCUT2D eigenvalue weighted by Gasteiger charge is 1.93. The third-order valence-corrected chi connectivity index (χ3v) is 2.21. The van der Waals surface area contributed by atoms with Crippen LogP contribution in [0, 0.1) is 0 Å². The van der Waals surface area contributed by atoms with Gasteiger partial charge in [-0.25, -0.2) is 0 Å². The van der Waals surface area contributed by atoms with Gasteiger partial charge >= 0.3 is 0 Å². The molecule has 0 aromatic heterocycles. The Kier molecular flexibility index (Phi) is 10.2. The number of nitrogens with zero attached hydrogens (tertiary/aromatic N) is 1. The Hall–Kier alpha value is -0.490. The first-order valence-corrected chi connectivity index (χ1v) is 6.04. The van der Waals surface area contributed by atoms with E-state index < -0.39 is 0 Å². The average Bonchev–Trinajstić information content (AvgIpc) is 2.21. The van der Waals surface area contributed by atoms with Gasteiger partial charge in [0.1, 0.15) is 0 Å². The number of carbonyl (C=O) groups is 1. The van der Waals surface area contributed by atoms with Crippen molar-refractivity contribution in [1.29, 1.82) is 0 Å². The van der Waals surface area contributed by atoms with Gasteiger partial charge < -0.3 is 0 Å². The van der Waals surface area contributed by atoms with Crippen molar-refractivity contribution in [3.8, 4) is 0 Å². The normalized spacial score (nSPS) is 13.7. The van der Waals surface area contributed by atoms with E-state index in [-0.39, 0.29) is 5.78 Å². The average molecular weight is 213 g/mol. The summed E-state index contributed by atoms with van der Waals surface area (Å²) < 4.78 is 0. The van der Waals surface area contributed by atoms with Gasteiger partial charge in [-0.05, 0) is 18.7 Å². The van der Waals surface area contributed by atoms with Crippen molar-refractivity contribution in [3.05, 3.63) is 12.3 Å². The lowest BCUT2D eigenvalue weighted by molar-refractivity contribution is -0.113. The Morgan fingerprint density at radius 3 is 2.57 bits per heavy atom. The SMILES string of the molecule is CCCCCCP.O=C1C=CN=CC1. The van der Waals surface area contributed by atoms with E-state index in [1.807, 2.05) is 0 Å². The van der Waals surface area contributed by atoms with Crippen LogP contribution in [-0.2, 0) is 4.79 Å². The maximum atomic E-state index is 10.3. The summed E-state index contributed by atoms with van der Waals surface area (Å²) in [5.74, 6) is 0.134. The molecule has 0 spiro atoms. The zero-order valence-corrected chi connectivity index (χ0v) is 10.1.